The van der Waals surface area contributed by atoms with Gasteiger partial charge in [0.2, 0.25) is 0 Å². The molecule has 7 heteroatoms. The summed E-state index contributed by atoms with van der Waals surface area (Å²) in [5, 5.41) is 3.10. The molecular weight excluding hydrogens is 343 g/mol. The second kappa shape index (κ2) is 7.57. The Balaban J connectivity index is 1.88. The van der Waals surface area contributed by atoms with Crippen LogP contribution in [0.15, 0.2) is 48.5 Å². The Morgan fingerprint density at radius 3 is 2.46 bits per heavy atom. The van der Waals surface area contributed by atoms with E-state index in [1.54, 1.807) is 31.2 Å². The Labute approximate surface area is 142 Å². The lowest BCUT2D eigenvalue weighted by molar-refractivity contribution is -0.137. The van der Waals surface area contributed by atoms with Crippen molar-refractivity contribution in [3.05, 3.63) is 64.7 Å². The third kappa shape index (κ3) is 5.16. The molecule has 0 fully saturated rings. The molecule has 0 spiro atoms. The van der Waals surface area contributed by atoms with Crippen LogP contribution in [-0.4, -0.2) is 12.0 Å². The number of carbonyl (C=O) groups excluding carboxylic acids is 1. The molecule has 0 radical (unpaired) electrons. The molecule has 2 aromatic rings. The second-order valence-corrected chi connectivity index (χ2v) is 5.57. The Bertz CT molecular complexity index is 702. The lowest BCUT2D eigenvalue weighted by Gasteiger charge is -2.15. The van der Waals surface area contributed by atoms with E-state index in [9.17, 15) is 18.0 Å². The summed E-state index contributed by atoms with van der Waals surface area (Å²) in [5.74, 6) is 0.0783. The predicted octanol–water partition coefficient (Wildman–Crippen LogP) is 4.44. The summed E-state index contributed by atoms with van der Waals surface area (Å²) in [6.45, 7) is 1.68. The molecule has 1 N–H and O–H groups in total. The molecule has 2 rings (SSSR count). The van der Waals surface area contributed by atoms with Crippen molar-refractivity contribution in [1.82, 2.24) is 5.32 Å². The van der Waals surface area contributed by atoms with E-state index in [0.717, 1.165) is 12.1 Å². The summed E-state index contributed by atoms with van der Waals surface area (Å²) in [6.07, 6.45) is -5.14. The van der Waals surface area contributed by atoms with Gasteiger partial charge in [-0.3, -0.25) is 4.79 Å². The molecule has 2 aromatic carbocycles. The molecule has 3 nitrogen and oxygen atoms in total. The van der Waals surface area contributed by atoms with Gasteiger partial charge in [0.1, 0.15) is 5.75 Å². The van der Waals surface area contributed by atoms with Gasteiger partial charge in [-0.25, -0.2) is 0 Å². The summed E-state index contributed by atoms with van der Waals surface area (Å²) < 4.78 is 42.9. The molecule has 24 heavy (non-hydrogen) atoms. The average Bonchev–Trinajstić information content (AvgIpc) is 2.52. The van der Waals surface area contributed by atoms with Gasteiger partial charge in [0.15, 0.2) is 6.10 Å². The fourth-order valence-electron chi connectivity index (χ4n) is 1.94. The normalized spacial score (nSPS) is 12.5. The summed E-state index contributed by atoms with van der Waals surface area (Å²) in [6, 6.07) is 11.2. The third-order valence-electron chi connectivity index (χ3n) is 3.23. The molecule has 0 saturated carbocycles. The van der Waals surface area contributed by atoms with E-state index in [1.165, 1.54) is 12.1 Å². The van der Waals surface area contributed by atoms with Crippen LogP contribution in [0.25, 0.3) is 0 Å². The maximum Gasteiger partial charge on any atom is 0.416 e. The highest BCUT2D eigenvalue weighted by Gasteiger charge is 2.29. The summed E-state index contributed by atoms with van der Waals surface area (Å²) in [7, 11) is 0. The Morgan fingerprint density at radius 2 is 1.88 bits per heavy atom. The van der Waals surface area contributed by atoms with Crippen LogP contribution in [0.5, 0.6) is 5.75 Å². The molecule has 1 atom stereocenters. The molecule has 1 amide bonds. The summed E-state index contributed by atoms with van der Waals surface area (Å²) >= 11 is 5.83. The van der Waals surface area contributed by atoms with Crippen LogP contribution in [0, 0.1) is 0 Å². The number of carbonyl (C=O) groups is 1. The van der Waals surface area contributed by atoms with Crippen LogP contribution in [0.1, 0.15) is 18.1 Å². The fraction of sp³-hybridized carbons (Fsp3) is 0.235. The van der Waals surface area contributed by atoms with E-state index in [4.69, 9.17) is 16.3 Å². The minimum atomic E-state index is -4.37. The maximum atomic E-state index is 12.5. The Morgan fingerprint density at radius 1 is 1.21 bits per heavy atom. The molecule has 1 unspecified atom stereocenters. The van der Waals surface area contributed by atoms with Gasteiger partial charge < -0.3 is 10.1 Å². The van der Waals surface area contributed by atoms with Gasteiger partial charge in [-0.2, -0.15) is 13.2 Å². The van der Waals surface area contributed by atoms with Crippen molar-refractivity contribution >= 4 is 17.5 Å². The molecule has 0 aliphatic rings. The van der Waals surface area contributed by atoms with Gasteiger partial charge in [0, 0.05) is 11.6 Å². The number of amides is 1. The van der Waals surface area contributed by atoms with Crippen LogP contribution in [0.4, 0.5) is 13.2 Å². The molecule has 0 aliphatic carbocycles. The number of hydrogen-bond donors (Lipinski definition) is 1. The van der Waals surface area contributed by atoms with Gasteiger partial charge in [0.05, 0.1) is 5.56 Å². The highest BCUT2D eigenvalue weighted by atomic mass is 35.5. The van der Waals surface area contributed by atoms with Gasteiger partial charge >= 0.3 is 6.18 Å². The fourth-order valence-corrected chi connectivity index (χ4v) is 2.12. The zero-order valence-electron chi connectivity index (χ0n) is 12.7. The monoisotopic (exact) mass is 357 g/mol. The van der Waals surface area contributed by atoms with E-state index in [-0.39, 0.29) is 12.5 Å². The minimum Gasteiger partial charge on any atom is -0.481 e. The van der Waals surface area contributed by atoms with Gasteiger partial charge in [0.25, 0.3) is 5.91 Å². The van der Waals surface area contributed by atoms with Gasteiger partial charge in [-0.1, -0.05) is 29.8 Å². The zero-order valence-corrected chi connectivity index (χ0v) is 13.5. The van der Waals surface area contributed by atoms with Crippen molar-refractivity contribution in [2.45, 2.75) is 25.7 Å². The van der Waals surface area contributed by atoms with Crippen LogP contribution in [0.3, 0.4) is 0 Å². The van der Waals surface area contributed by atoms with Crippen LogP contribution >= 0.6 is 11.6 Å². The first-order chi connectivity index (χ1) is 11.3. The minimum absolute atomic E-state index is 0.111. The van der Waals surface area contributed by atoms with Crippen molar-refractivity contribution in [2.75, 3.05) is 0 Å². The first-order valence-corrected chi connectivity index (χ1v) is 7.49. The third-order valence-corrected chi connectivity index (χ3v) is 3.46. The van der Waals surface area contributed by atoms with E-state index in [0.29, 0.717) is 16.3 Å². The van der Waals surface area contributed by atoms with Gasteiger partial charge in [-0.05, 0) is 42.8 Å². The number of benzene rings is 2. The predicted molar refractivity (Wildman–Crippen MR) is 84.8 cm³/mol. The SMILES string of the molecule is CC(Oc1cccc(Cl)c1)C(=O)NCc1ccc(C(F)(F)F)cc1. The summed E-state index contributed by atoms with van der Waals surface area (Å²) in [5.41, 5.74) is -0.165. The van der Waals surface area contributed by atoms with E-state index < -0.39 is 17.8 Å². The number of ether oxygens (including phenoxy) is 1. The van der Waals surface area contributed by atoms with Gasteiger partial charge in [-0.15, -0.1) is 0 Å². The van der Waals surface area contributed by atoms with Crippen LogP contribution < -0.4 is 10.1 Å². The molecule has 0 saturated heterocycles. The Hall–Kier alpha value is -2.21. The standard InChI is InChI=1S/C17H15ClF3NO2/c1-11(24-15-4-2-3-14(18)9-15)16(23)22-10-12-5-7-13(8-6-12)17(19,20)21/h2-9,11H,10H2,1H3,(H,22,23). The second-order valence-electron chi connectivity index (χ2n) is 5.13. The smallest absolute Gasteiger partial charge is 0.416 e. The van der Waals surface area contributed by atoms with Crippen LogP contribution in [0.2, 0.25) is 5.02 Å². The van der Waals surface area contributed by atoms with Crippen LogP contribution in [-0.2, 0) is 17.5 Å². The number of halogens is 4. The van der Waals surface area contributed by atoms with E-state index in [1.807, 2.05) is 0 Å². The van der Waals surface area contributed by atoms with Crippen molar-refractivity contribution < 1.29 is 22.7 Å². The highest BCUT2D eigenvalue weighted by Crippen LogP contribution is 2.29. The molecule has 0 aliphatic heterocycles. The van der Waals surface area contributed by atoms with E-state index in [2.05, 4.69) is 5.32 Å². The number of alkyl halides is 3. The maximum absolute atomic E-state index is 12.5. The largest absolute Gasteiger partial charge is 0.481 e. The molecule has 0 bridgehead atoms. The lowest BCUT2D eigenvalue weighted by Crippen LogP contribution is -2.35. The number of nitrogens with one attached hydrogen (secondary N) is 1. The summed E-state index contributed by atoms with van der Waals surface area (Å²) in [4.78, 5) is 12.0. The number of rotatable bonds is 5. The van der Waals surface area contributed by atoms with E-state index >= 15 is 0 Å². The quantitative estimate of drug-likeness (QED) is 0.859. The zero-order chi connectivity index (χ0) is 17.7. The van der Waals surface area contributed by atoms with Crippen molar-refractivity contribution in [1.29, 1.82) is 0 Å². The average molecular weight is 358 g/mol. The van der Waals surface area contributed by atoms with Crippen molar-refractivity contribution in [2.24, 2.45) is 0 Å². The number of hydrogen-bond acceptors (Lipinski definition) is 2. The highest BCUT2D eigenvalue weighted by molar-refractivity contribution is 6.30. The van der Waals surface area contributed by atoms with Crippen molar-refractivity contribution in [3.8, 4) is 5.75 Å². The first kappa shape index (κ1) is 18.1. The van der Waals surface area contributed by atoms with Crippen molar-refractivity contribution in [3.63, 3.8) is 0 Å². The molecule has 0 heterocycles. The molecule has 128 valence electrons. The first-order valence-electron chi connectivity index (χ1n) is 7.12. The lowest BCUT2D eigenvalue weighted by atomic mass is 10.1. The topological polar surface area (TPSA) is 38.3 Å². The molecule has 0 aromatic heterocycles. The Kier molecular flexibility index (Phi) is 5.72. The molecular formula is C17H15ClF3NO2.